The lowest BCUT2D eigenvalue weighted by molar-refractivity contribution is -0.141. The first-order chi connectivity index (χ1) is 15.2. The van der Waals surface area contributed by atoms with Gasteiger partial charge in [-0.2, -0.15) is 0 Å². The van der Waals surface area contributed by atoms with E-state index < -0.39 is 27.8 Å². The molecule has 1 saturated carbocycles. The number of fused-ring (bicyclic) bond motifs is 3. The molecule has 0 bridgehead atoms. The van der Waals surface area contributed by atoms with Gasteiger partial charge in [0.25, 0.3) is 11.8 Å². The van der Waals surface area contributed by atoms with Crippen molar-refractivity contribution in [3.63, 3.8) is 0 Å². The standard InChI is InChI=1S/C22H25N3O6S/c1-13-19-20(22(28)25(21(19)27)10-11-31-14(2)26)17-12-16(8-9-18(17)23-13)32(29,30)24-15-6-4-3-5-7-15/h8-9,12,15,24H,3-7,10-11H2,1-2H3. The Morgan fingerprint density at radius 1 is 1.16 bits per heavy atom. The Hall–Kier alpha value is -2.85. The van der Waals surface area contributed by atoms with Gasteiger partial charge in [-0.25, -0.2) is 13.1 Å². The van der Waals surface area contributed by atoms with Crippen molar-refractivity contribution < 1.29 is 27.5 Å². The van der Waals surface area contributed by atoms with Gasteiger partial charge in [-0.15, -0.1) is 0 Å². The molecule has 1 aliphatic heterocycles. The number of benzene rings is 1. The Morgan fingerprint density at radius 3 is 2.53 bits per heavy atom. The van der Waals surface area contributed by atoms with Crippen LogP contribution < -0.4 is 4.72 Å². The van der Waals surface area contributed by atoms with Crippen LogP contribution in [0, 0.1) is 6.92 Å². The van der Waals surface area contributed by atoms with Gasteiger partial charge in [0.1, 0.15) is 6.61 Å². The lowest BCUT2D eigenvalue weighted by Crippen LogP contribution is -2.36. The molecule has 1 aromatic carbocycles. The van der Waals surface area contributed by atoms with Gasteiger partial charge < -0.3 is 4.74 Å². The van der Waals surface area contributed by atoms with Crippen LogP contribution in [-0.2, 0) is 19.6 Å². The van der Waals surface area contributed by atoms with Gasteiger partial charge in [-0.1, -0.05) is 19.3 Å². The zero-order valence-corrected chi connectivity index (χ0v) is 18.8. The highest BCUT2D eigenvalue weighted by atomic mass is 32.2. The fourth-order valence-corrected chi connectivity index (χ4v) is 5.70. The molecule has 2 heterocycles. The molecule has 0 spiro atoms. The lowest BCUT2D eigenvalue weighted by Gasteiger charge is -2.22. The molecule has 1 aromatic heterocycles. The van der Waals surface area contributed by atoms with Crippen LogP contribution in [0.1, 0.15) is 65.4 Å². The quantitative estimate of drug-likeness (QED) is 0.519. The third-order valence-electron chi connectivity index (χ3n) is 5.91. The normalized spacial score (nSPS) is 17.1. The van der Waals surface area contributed by atoms with Crippen molar-refractivity contribution >= 4 is 38.7 Å². The highest BCUT2D eigenvalue weighted by molar-refractivity contribution is 7.89. The number of nitrogens with zero attached hydrogens (tertiary/aromatic N) is 2. The average molecular weight is 460 g/mol. The largest absolute Gasteiger partial charge is 0.464 e. The highest BCUT2D eigenvalue weighted by Gasteiger charge is 2.39. The topological polar surface area (TPSA) is 123 Å². The molecule has 0 atom stereocenters. The number of sulfonamides is 1. The Kier molecular flexibility index (Phi) is 6.00. The molecule has 1 N–H and O–H groups in total. The van der Waals surface area contributed by atoms with Crippen molar-refractivity contribution in [3.05, 3.63) is 35.0 Å². The maximum Gasteiger partial charge on any atom is 0.302 e. The predicted molar refractivity (Wildman–Crippen MR) is 116 cm³/mol. The maximum atomic E-state index is 13.1. The number of rotatable bonds is 6. The summed E-state index contributed by atoms with van der Waals surface area (Å²) in [5.41, 5.74) is 1.10. The van der Waals surface area contributed by atoms with E-state index in [0.717, 1.165) is 37.0 Å². The number of carbonyl (C=O) groups is 3. The second kappa shape index (κ2) is 8.59. The van der Waals surface area contributed by atoms with E-state index in [2.05, 4.69) is 9.71 Å². The van der Waals surface area contributed by atoms with Crippen LogP contribution in [-0.4, -0.2) is 55.3 Å². The van der Waals surface area contributed by atoms with E-state index in [0.29, 0.717) is 16.6 Å². The van der Waals surface area contributed by atoms with Crippen molar-refractivity contribution in [2.75, 3.05) is 13.2 Å². The van der Waals surface area contributed by atoms with Gasteiger partial charge in [0.15, 0.2) is 0 Å². The van der Waals surface area contributed by atoms with Gasteiger partial charge in [0, 0.05) is 18.4 Å². The molecule has 0 radical (unpaired) electrons. The number of hydrogen-bond donors (Lipinski definition) is 1. The number of pyridine rings is 1. The summed E-state index contributed by atoms with van der Waals surface area (Å²) in [4.78, 5) is 42.4. The van der Waals surface area contributed by atoms with Crippen molar-refractivity contribution in [2.45, 2.75) is 56.9 Å². The molecule has 32 heavy (non-hydrogen) atoms. The summed E-state index contributed by atoms with van der Waals surface area (Å²) in [6, 6.07) is 4.32. The first-order valence-corrected chi connectivity index (χ1v) is 12.1. The second-order valence-corrected chi connectivity index (χ2v) is 9.90. The van der Waals surface area contributed by atoms with Crippen molar-refractivity contribution in [1.29, 1.82) is 0 Å². The lowest BCUT2D eigenvalue weighted by atomic mass is 9.96. The molecule has 4 rings (SSSR count). The molecule has 2 aromatic rings. The van der Waals surface area contributed by atoms with E-state index in [1.807, 2.05) is 0 Å². The number of amides is 2. The summed E-state index contributed by atoms with van der Waals surface area (Å²) in [5.74, 6) is -1.59. The van der Waals surface area contributed by atoms with E-state index in [9.17, 15) is 22.8 Å². The van der Waals surface area contributed by atoms with Gasteiger partial charge >= 0.3 is 5.97 Å². The van der Waals surface area contributed by atoms with Gasteiger partial charge in [-0.3, -0.25) is 24.3 Å². The summed E-state index contributed by atoms with van der Waals surface area (Å²) >= 11 is 0. The Morgan fingerprint density at radius 2 is 1.84 bits per heavy atom. The summed E-state index contributed by atoms with van der Waals surface area (Å²) in [6.45, 7) is 2.67. The highest BCUT2D eigenvalue weighted by Crippen LogP contribution is 2.32. The van der Waals surface area contributed by atoms with Crippen LogP contribution >= 0.6 is 0 Å². The molecule has 2 amide bonds. The van der Waals surface area contributed by atoms with E-state index in [4.69, 9.17) is 4.74 Å². The molecule has 170 valence electrons. The first-order valence-electron chi connectivity index (χ1n) is 10.7. The minimum atomic E-state index is -3.79. The Balaban J connectivity index is 1.71. The molecule has 9 nitrogen and oxygen atoms in total. The van der Waals surface area contributed by atoms with Crippen molar-refractivity contribution in [2.24, 2.45) is 0 Å². The molecule has 0 unspecified atom stereocenters. The van der Waals surface area contributed by atoms with Crippen LogP contribution in [0.25, 0.3) is 10.9 Å². The van der Waals surface area contributed by atoms with E-state index >= 15 is 0 Å². The van der Waals surface area contributed by atoms with Crippen LogP contribution in [0.3, 0.4) is 0 Å². The Bertz CT molecular complexity index is 1220. The molecule has 10 heteroatoms. The zero-order chi connectivity index (χ0) is 23.0. The third kappa shape index (κ3) is 4.12. The fourth-order valence-electron chi connectivity index (χ4n) is 4.37. The molecule has 2 aliphatic rings. The van der Waals surface area contributed by atoms with Crippen LogP contribution in [0.5, 0.6) is 0 Å². The summed E-state index contributed by atoms with van der Waals surface area (Å²) in [5, 5.41) is 0.311. The number of nitrogens with one attached hydrogen (secondary N) is 1. The SMILES string of the molecule is CC(=O)OCCN1C(=O)c2c(C)nc3ccc(S(=O)(=O)NC4CCCCC4)cc3c2C1=O. The number of carbonyl (C=O) groups excluding carboxylic acids is 3. The maximum absolute atomic E-state index is 13.1. The predicted octanol–water partition coefficient (Wildman–Crippen LogP) is 2.31. The van der Waals surface area contributed by atoms with E-state index in [1.165, 1.54) is 19.1 Å². The van der Waals surface area contributed by atoms with E-state index in [-0.39, 0.29) is 35.2 Å². The van der Waals surface area contributed by atoms with Gasteiger partial charge in [-0.05, 0) is 38.0 Å². The average Bonchev–Trinajstić information content (AvgIpc) is 2.99. The number of ether oxygens (including phenoxy) is 1. The monoisotopic (exact) mass is 459 g/mol. The van der Waals surface area contributed by atoms with E-state index in [1.54, 1.807) is 13.0 Å². The minimum Gasteiger partial charge on any atom is -0.464 e. The molecule has 0 saturated heterocycles. The van der Waals surface area contributed by atoms with Crippen molar-refractivity contribution in [3.8, 4) is 0 Å². The summed E-state index contributed by atoms with van der Waals surface area (Å²) in [6.07, 6.45) is 4.68. The zero-order valence-electron chi connectivity index (χ0n) is 18.0. The van der Waals surface area contributed by atoms with Crippen LogP contribution in [0.15, 0.2) is 23.1 Å². The van der Waals surface area contributed by atoms with Gasteiger partial charge in [0.05, 0.1) is 33.8 Å². The molecule has 1 aliphatic carbocycles. The summed E-state index contributed by atoms with van der Waals surface area (Å²) < 4.78 is 33.6. The fraction of sp³-hybridized carbons (Fsp3) is 0.455. The van der Waals surface area contributed by atoms with Crippen molar-refractivity contribution in [1.82, 2.24) is 14.6 Å². The molecular weight excluding hydrogens is 434 g/mol. The minimum absolute atomic E-state index is 0.0297. The van der Waals surface area contributed by atoms with Crippen LogP contribution in [0.2, 0.25) is 0 Å². The number of esters is 1. The first kappa shape index (κ1) is 22.3. The summed E-state index contributed by atoms with van der Waals surface area (Å²) in [7, 11) is -3.79. The number of aromatic nitrogens is 1. The number of hydrogen-bond acceptors (Lipinski definition) is 7. The van der Waals surface area contributed by atoms with Gasteiger partial charge in [0.2, 0.25) is 10.0 Å². The number of imide groups is 1. The van der Waals surface area contributed by atoms with Crippen LogP contribution in [0.4, 0.5) is 0 Å². The Labute approximate surface area is 186 Å². The third-order valence-corrected chi connectivity index (χ3v) is 7.43. The smallest absolute Gasteiger partial charge is 0.302 e. The second-order valence-electron chi connectivity index (χ2n) is 8.18. The molecule has 1 fully saturated rings. The number of aryl methyl sites for hydroxylation is 1. The molecular formula is C22H25N3O6S.